The van der Waals surface area contributed by atoms with Crippen LogP contribution in [0, 0.1) is 5.92 Å². The van der Waals surface area contributed by atoms with Gasteiger partial charge in [0.05, 0.1) is 11.2 Å². The Labute approximate surface area is 118 Å². The summed E-state index contributed by atoms with van der Waals surface area (Å²) in [6.07, 6.45) is 3.18. The summed E-state index contributed by atoms with van der Waals surface area (Å²) in [4.78, 5) is 0. The average Bonchev–Trinajstić information content (AvgIpc) is 2.69. The monoisotopic (exact) mass is 306 g/mol. The Kier molecular flexibility index (Phi) is 4.20. The SMILES string of the molecule is CC1CCCN(S(=O)(=O)c2c(Cl)cnn2C)C1CN. The highest BCUT2D eigenvalue weighted by molar-refractivity contribution is 7.89. The largest absolute Gasteiger partial charge is 0.329 e. The van der Waals surface area contributed by atoms with Gasteiger partial charge in [0, 0.05) is 26.2 Å². The van der Waals surface area contributed by atoms with Crippen molar-refractivity contribution in [3.05, 3.63) is 11.2 Å². The Balaban J connectivity index is 2.44. The van der Waals surface area contributed by atoms with Crippen molar-refractivity contribution in [1.29, 1.82) is 0 Å². The summed E-state index contributed by atoms with van der Waals surface area (Å²) in [6.45, 7) is 2.83. The van der Waals surface area contributed by atoms with E-state index in [1.165, 1.54) is 15.2 Å². The van der Waals surface area contributed by atoms with E-state index in [2.05, 4.69) is 5.10 Å². The Bertz CT molecular complexity index is 538. The van der Waals surface area contributed by atoms with E-state index in [-0.39, 0.29) is 22.0 Å². The Hall–Kier alpha value is -0.630. The number of nitrogens with zero attached hydrogens (tertiary/aromatic N) is 3. The summed E-state index contributed by atoms with van der Waals surface area (Å²) in [5.74, 6) is 0.250. The van der Waals surface area contributed by atoms with Crippen LogP contribution in [0.5, 0.6) is 0 Å². The standard InChI is InChI=1S/C11H19ClN4O2S/c1-8-4-3-5-16(10(8)6-13)19(17,18)11-9(12)7-14-15(11)2/h7-8,10H,3-6,13H2,1-2H3. The fourth-order valence-electron chi connectivity index (χ4n) is 2.66. The maximum absolute atomic E-state index is 12.7. The van der Waals surface area contributed by atoms with Crippen molar-refractivity contribution < 1.29 is 8.42 Å². The first-order valence-corrected chi connectivity index (χ1v) is 8.10. The first kappa shape index (κ1) is 14.8. The van der Waals surface area contributed by atoms with E-state index < -0.39 is 10.0 Å². The van der Waals surface area contributed by atoms with Gasteiger partial charge in [-0.05, 0) is 18.8 Å². The van der Waals surface area contributed by atoms with Crippen LogP contribution in [0.2, 0.25) is 5.02 Å². The number of hydrogen-bond acceptors (Lipinski definition) is 4. The number of sulfonamides is 1. The van der Waals surface area contributed by atoms with Gasteiger partial charge >= 0.3 is 0 Å². The Morgan fingerprint density at radius 3 is 2.79 bits per heavy atom. The molecule has 1 saturated heterocycles. The van der Waals surface area contributed by atoms with E-state index in [1.54, 1.807) is 7.05 Å². The Morgan fingerprint density at radius 1 is 1.58 bits per heavy atom. The van der Waals surface area contributed by atoms with Crippen LogP contribution in [0.4, 0.5) is 0 Å². The molecule has 6 nitrogen and oxygen atoms in total. The highest BCUT2D eigenvalue weighted by Crippen LogP contribution is 2.31. The maximum atomic E-state index is 12.7. The molecule has 0 spiro atoms. The van der Waals surface area contributed by atoms with Gasteiger partial charge in [0.1, 0.15) is 0 Å². The smallest absolute Gasteiger partial charge is 0.262 e. The molecule has 2 N–H and O–H groups in total. The van der Waals surface area contributed by atoms with Crippen LogP contribution in [0.25, 0.3) is 0 Å². The fraction of sp³-hybridized carbons (Fsp3) is 0.727. The molecule has 0 aromatic carbocycles. The van der Waals surface area contributed by atoms with Crippen LogP contribution in [0.15, 0.2) is 11.2 Å². The second kappa shape index (κ2) is 5.40. The lowest BCUT2D eigenvalue weighted by Crippen LogP contribution is -2.51. The fourth-order valence-corrected chi connectivity index (χ4v) is 5.04. The minimum atomic E-state index is -3.65. The van der Waals surface area contributed by atoms with Gasteiger partial charge in [-0.3, -0.25) is 4.68 Å². The van der Waals surface area contributed by atoms with E-state index in [1.807, 2.05) is 6.92 Å². The van der Waals surface area contributed by atoms with Crippen LogP contribution in [-0.2, 0) is 17.1 Å². The summed E-state index contributed by atoms with van der Waals surface area (Å²) in [6, 6.07) is -0.176. The summed E-state index contributed by atoms with van der Waals surface area (Å²) in [5.41, 5.74) is 5.75. The normalized spacial score (nSPS) is 25.7. The lowest BCUT2D eigenvalue weighted by Gasteiger charge is -2.38. The van der Waals surface area contributed by atoms with Gasteiger partial charge in [-0.15, -0.1) is 0 Å². The molecular formula is C11H19ClN4O2S. The lowest BCUT2D eigenvalue weighted by molar-refractivity contribution is 0.191. The van der Waals surface area contributed by atoms with Crippen molar-refractivity contribution in [1.82, 2.24) is 14.1 Å². The van der Waals surface area contributed by atoms with Crippen LogP contribution < -0.4 is 5.73 Å². The quantitative estimate of drug-likeness (QED) is 0.896. The van der Waals surface area contributed by atoms with Crippen LogP contribution in [-0.4, -0.2) is 41.6 Å². The highest BCUT2D eigenvalue weighted by Gasteiger charge is 2.38. The average molecular weight is 307 g/mol. The summed E-state index contributed by atoms with van der Waals surface area (Å²) < 4.78 is 28.2. The molecule has 108 valence electrons. The number of halogens is 1. The van der Waals surface area contributed by atoms with Crippen molar-refractivity contribution in [2.75, 3.05) is 13.1 Å². The molecule has 2 heterocycles. The number of rotatable bonds is 3. The molecule has 0 saturated carbocycles. The second-order valence-corrected chi connectivity index (χ2v) is 7.17. The third-order valence-electron chi connectivity index (χ3n) is 3.70. The number of piperidine rings is 1. The van der Waals surface area contributed by atoms with Gasteiger partial charge in [-0.1, -0.05) is 18.5 Å². The van der Waals surface area contributed by atoms with Crippen molar-refractivity contribution in [3.63, 3.8) is 0 Å². The summed E-state index contributed by atoms with van der Waals surface area (Å²) >= 11 is 5.96. The first-order chi connectivity index (χ1) is 8.89. The Morgan fingerprint density at radius 2 is 2.26 bits per heavy atom. The molecule has 19 heavy (non-hydrogen) atoms. The zero-order valence-electron chi connectivity index (χ0n) is 11.1. The first-order valence-electron chi connectivity index (χ1n) is 6.29. The number of aryl methyl sites for hydroxylation is 1. The van der Waals surface area contributed by atoms with Gasteiger partial charge < -0.3 is 5.73 Å². The molecule has 8 heteroatoms. The molecule has 0 radical (unpaired) electrons. The van der Waals surface area contributed by atoms with Crippen molar-refractivity contribution in [2.45, 2.75) is 30.8 Å². The van der Waals surface area contributed by atoms with E-state index in [9.17, 15) is 8.42 Å². The second-order valence-electron chi connectivity index (χ2n) is 4.96. The number of nitrogens with two attached hydrogens (primary N) is 1. The molecule has 1 aromatic heterocycles. The topological polar surface area (TPSA) is 81.2 Å². The van der Waals surface area contributed by atoms with E-state index in [4.69, 9.17) is 17.3 Å². The zero-order valence-corrected chi connectivity index (χ0v) is 12.7. The molecule has 1 aliphatic rings. The highest BCUT2D eigenvalue weighted by atomic mass is 35.5. The van der Waals surface area contributed by atoms with Crippen LogP contribution in [0.1, 0.15) is 19.8 Å². The molecular weight excluding hydrogens is 288 g/mol. The van der Waals surface area contributed by atoms with E-state index in [0.29, 0.717) is 13.1 Å². The third-order valence-corrected chi connectivity index (χ3v) is 6.13. The molecule has 2 rings (SSSR count). The molecule has 2 atom stereocenters. The van der Waals surface area contributed by atoms with Gasteiger partial charge in [0.2, 0.25) is 0 Å². The number of aromatic nitrogens is 2. The molecule has 1 aromatic rings. The minimum absolute atomic E-state index is 0.0433. The van der Waals surface area contributed by atoms with Gasteiger partial charge in [0.15, 0.2) is 5.03 Å². The number of hydrogen-bond donors (Lipinski definition) is 1. The van der Waals surface area contributed by atoms with Gasteiger partial charge in [-0.25, -0.2) is 8.42 Å². The van der Waals surface area contributed by atoms with E-state index >= 15 is 0 Å². The van der Waals surface area contributed by atoms with Crippen molar-refractivity contribution >= 4 is 21.6 Å². The zero-order chi connectivity index (χ0) is 14.2. The predicted molar refractivity (Wildman–Crippen MR) is 73.4 cm³/mol. The summed E-state index contributed by atoms with van der Waals surface area (Å²) in [5, 5.41) is 4.09. The van der Waals surface area contributed by atoms with Crippen molar-refractivity contribution in [2.24, 2.45) is 18.7 Å². The third kappa shape index (κ3) is 2.52. The predicted octanol–water partition coefficient (Wildman–Crippen LogP) is 0.821. The molecule has 1 fully saturated rings. The molecule has 2 unspecified atom stereocenters. The van der Waals surface area contributed by atoms with E-state index in [0.717, 1.165) is 12.8 Å². The molecule has 1 aliphatic heterocycles. The van der Waals surface area contributed by atoms with Crippen LogP contribution in [0.3, 0.4) is 0 Å². The molecule has 0 amide bonds. The van der Waals surface area contributed by atoms with Gasteiger partial charge in [-0.2, -0.15) is 9.40 Å². The van der Waals surface area contributed by atoms with Crippen LogP contribution >= 0.6 is 11.6 Å². The summed E-state index contributed by atoms with van der Waals surface area (Å²) in [7, 11) is -2.08. The minimum Gasteiger partial charge on any atom is -0.329 e. The molecule has 0 bridgehead atoms. The van der Waals surface area contributed by atoms with Crippen molar-refractivity contribution in [3.8, 4) is 0 Å². The lowest BCUT2D eigenvalue weighted by atomic mass is 9.93. The molecule has 0 aliphatic carbocycles. The maximum Gasteiger partial charge on any atom is 0.262 e. The van der Waals surface area contributed by atoms with Gasteiger partial charge in [0.25, 0.3) is 10.0 Å².